The number of sulfonamides is 1. The highest BCUT2D eigenvalue weighted by Gasteiger charge is 2.32. The van der Waals surface area contributed by atoms with Crippen molar-refractivity contribution in [2.24, 2.45) is 0 Å². The highest BCUT2D eigenvalue weighted by molar-refractivity contribution is 7.89. The number of benzene rings is 2. The molecule has 4 aromatic rings. The molecule has 5 rings (SSSR count). The Bertz CT molecular complexity index is 1470. The number of aryl methyl sites for hydroxylation is 2. The fraction of sp³-hybridized carbons (Fsp3) is 0.240. The molecule has 3 heterocycles. The second kappa shape index (κ2) is 8.90. The maximum atomic E-state index is 13.4. The van der Waals surface area contributed by atoms with Crippen LogP contribution in [0.3, 0.4) is 0 Å². The van der Waals surface area contributed by atoms with Crippen LogP contribution >= 0.6 is 11.3 Å². The molecule has 0 N–H and O–H groups in total. The van der Waals surface area contributed by atoms with E-state index in [1.807, 2.05) is 50.2 Å². The third-order valence-electron chi connectivity index (χ3n) is 5.98. The summed E-state index contributed by atoms with van der Waals surface area (Å²) in [6, 6.07) is 15.2. The molecule has 1 saturated heterocycles. The Balaban J connectivity index is 1.30. The van der Waals surface area contributed by atoms with E-state index < -0.39 is 10.0 Å². The number of amides is 1. The second-order valence-electron chi connectivity index (χ2n) is 8.44. The Hall–Kier alpha value is -3.14. The van der Waals surface area contributed by atoms with Crippen molar-refractivity contribution in [1.82, 2.24) is 19.2 Å². The number of para-hydroxylation sites is 1. The highest BCUT2D eigenvalue weighted by atomic mass is 32.2. The van der Waals surface area contributed by atoms with Crippen LogP contribution in [0.5, 0.6) is 0 Å². The van der Waals surface area contributed by atoms with Gasteiger partial charge in [-0.1, -0.05) is 42.0 Å². The Morgan fingerprint density at radius 2 is 1.71 bits per heavy atom. The van der Waals surface area contributed by atoms with Crippen LogP contribution in [-0.2, 0) is 10.0 Å². The van der Waals surface area contributed by atoms with E-state index in [4.69, 9.17) is 0 Å². The molecular formula is C25H24N4O3S2. The maximum Gasteiger partial charge on any atom is 0.273 e. The van der Waals surface area contributed by atoms with E-state index in [1.54, 1.807) is 28.6 Å². The van der Waals surface area contributed by atoms with Crippen molar-refractivity contribution in [3.05, 3.63) is 76.9 Å². The number of fused-ring (bicyclic) bond motifs is 1. The van der Waals surface area contributed by atoms with Crippen molar-refractivity contribution < 1.29 is 13.2 Å². The number of carbonyl (C=O) groups excluding carboxylic acids is 1. The summed E-state index contributed by atoms with van der Waals surface area (Å²) in [5.41, 5.74) is 3.98. The van der Waals surface area contributed by atoms with Crippen molar-refractivity contribution >= 4 is 38.2 Å². The SMILES string of the molecule is Cc1ccc(-c2nc(C(=O)N3CCN(S(=O)(=O)c4cccc5cc(C)cnc45)CC3)cs2)cc1. The fourth-order valence-electron chi connectivity index (χ4n) is 4.08. The number of nitrogens with zero attached hydrogens (tertiary/aromatic N) is 4. The van der Waals surface area contributed by atoms with Crippen molar-refractivity contribution in [1.29, 1.82) is 0 Å². The molecule has 0 atom stereocenters. The molecule has 0 radical (unpaired) electrons. The van der Waals surface area contributed by atoms with Crippen LogP contribution < -0.4 is 0 Å². The van der Waals surface area contributed by atoms with E-state index >= 15 is 0 Å². The van der Waals surface area contributed by atoms with Crippen LogP contribution in [0.4, 0.5) is 0 Å². The Kier molecular flexibility index (Phi) is 5.93. The van der Waals surface area contributed by atoms with Crippen molar-refractivity contribution in [3.8, 4) is 10.6 Å². The molecule has 34 heavy (non-hydrogen) atoms. The number of rotatable bonds is 4. The molecule has 1 aliphatic heterocycles. The minimum absolute atomic E-state index is 0.172. The number of aromatic nitrogens is 2. The lowest BCUT2D eigenvalue weighted by Crippen LogP contribution is -2.50. The molecule has 0 spiro atoms. The number of carbonyl (C=O) groups is 1. The zero-order valence-corrected chi connectivity index (χ0v) is 20.6. The molecule has 1 amide bonds. The first-order chi connectivity index (χ1) is 16.3. The summed E-state index contributed by atoms with van der Waals surface area (Å²) < 4.78 is 28.2. The van der Waals surface area contributed by atoms with Crippen LogP contribution in [0.15, 0.2) is 65.0 Å². The van der Waals surface area contributed by atoms with Gasteiger partial charge in [0.05, 0.1) is 5.52 Å². The predicted molar refractivity (Wildman–Crippen MR) is 133 cm³/mol. The number of piperazine rings is 1. The van der Waals surface area contributed by atoms with E-state index in [-0.39, 0.29) is 23.9 Å². The third kappa shape index (κ3) is 4.22. The largest absolute Gasteiger partial charge is 0.335 e. The predicted octanol–water partition coefficient (Wildman–Crippen LogP) is 4.12. The third-order valence-corrected chi connectivity index (χ3v) is 8.80. The smallest absolute Gasteiger partial charge is 0.273 e. The molecule has 7 nitrogen and oxygen atoms in total. The zero-order chi connectivity index (χ0) is 23.9. The van der Waals surface area contributed by atoms with Gasteiger partial charge in [-0.15, -0.1) is 11.3 Å². The van der Waals surface area contributed by atoms with E-state index in [9.17, 15) is 13.2 Å². The Labute approximate surface area is 202 Å². The number of pyridine rings is 1. The first-order valence-electron chi connectivity index (χ1n) is 11.0. The topological polar surface area (TPSA) is 83.5 Å². The van der Waals surface area contributed by atoms with Gasteiger partial charge in [-0.25, -0.2) is 13.4 Å². The number of thiazole rings is 1. The first-order valence-corrected chi connectivity index (χ1v) is 13.3. The summed E-state index contributed by atoms with van der Waals surface area (Å²) in [6.07, 6.45) is 1.68. The summed E-state index contributed by atoms with van der Waals surface area (Å²) in [4.78, 5) is 23.8. The van der Waals surface area contributed by atoms with Gasteiger partial charge in [-0.2, -0.15) is 4.31 Å². The average Bonchev–Trinajstić information content (AvgIpc) is 3.34. The molecule has 2 aromatic carbocycles. The van der Waals surface area contributed by atoms with Gasteiger partial charge < -0.3 is 4.90 Å². The molecule has 0 aliphatic carbocycles. The summed E-state index contributed by atoms with van der Waals surface area (Å²) in [7, 11) is -3.73. The summed E-state index contributed by atoms with van der Waals surface area (Å²) >= 11 is 1.43. The molecule has 9 heteroatoms. The second-order valence-corrected chi connectivity index (χ2v) is 11.2. The lowest BCUT2D eigenvalue weighted by atomic mass is 10.2. The molecule has 2 aromatic heterocycles. The number of hydrogen-bond acceptors (Lipinski definition) is 6. The van der Waals surface area contributed by atoms with Gasteiger partial charge in [-0.05, 0) is 31.5 Å². The molecule has 0 saturated carbocycles. The quantitative estimate of drug-likeness (QED) is 0.428. The summed E-state index contributed by atoms with van der Waals surface area (Å²) in [6.45, 7) is 5.03. The first kappa shape index (κ1) is 22.6. The Morgan fingerprint density at radius 3 is 2.44 bits per heavy atom. The highest BCUT2D eigenvalue weighted by Crippen LogP contribution is 2.27. The van der Waals surface area contributed by atoms with Gasteiger partial charge in [0.25, 0.3) is 5.91 Å². The lowest BCUT2D eigenvalue weighted by molar-refractivity contribution is 0.0693. The van der Waals surface area contributed by atoms with Gasteiger partial charge in [-0.3, -0.25) is 9.78 Å². The van der Waals surface area contributed by atoms with Crippen molar-refractivity contribution in [3.63, 3.8) is 0 Å². The van der Waals surface area contributed by atoms with Crippen molar-refractivity contribution in [2.75, 3.05) is 26.2 Å². The molecule has 0 bridgehead atoms. The van der Waals surface area contributed by atoms with Crippen LogP contribution in [0.2, 0.25) is 0 Å². The lowest BCUT2D eigenvalue weighted by Gasteiger charge is -2.33. The van der Waals surface area contributed by atoms with Crippen LogP contribution in [0.25, 0.3) is 21.5 Å². The number of hydrogen-bond donors (Lipinski definition) is 0. The molecule has 174 valence electrons. The van der Waals surface area contributed by atoms with E-state index in [2.05, 4.69) is 9.97 Å². The molecular weight excluding hydrogens is 468 g/mol. The molecule has 1 aliphatic rings. The van der Waals surface area contributed by atoms with E-state index in [1.165, 1.54) is 21.2 Å². The normalized spacial score (nSPS) is 15.1. The van der Waals surface area contributed by atoms with Gasteiger partial charge in [0.1, 0.15) is 15.6 Å². The van der Waals surface area contributed by atoms with Crippen LogP contribution in [0, 0.1) is 13.8 Å². The molecule has 1 fully saturated rings. The standard InChI is InChI=1S/C25H24N4O3S2/c1-17-6-8-19(9-7-17)24-27-21(16-33-24)25(30)28-10-12-29(13-11-28)34(31,32)22-5-3-4-20-14-18(2)15-26-23(20)22/h3-9,14-16H,10-13H2,1-2H3. The summed E-state index contributed by atoms with van der Waals surface area (Å²) in [5.74, 6) is -0.172. The summed E-state index contributed by atoms with van der Waals surface area (Å²) in [5, 5.41) is 3.36. The van der Waals surface area contributed by atoms with E-state index in [0.717, 1.165) is 21.5 Å². The maximum absolute atomic E-state index is 13.4. The Morgan fingerprint density at radius 1 is 0.971 bits per heavy atom. The van der Waals surface area contributed by atoms with Crippen molar-refractivity contribution in [2.45, 2.75) is 18.7 Å². The zero-order valence-electron chi connectivity index (χ0n) is 18.9. The molecule has 0 unspecified atom stereocenters. The monoisotopic (exact) mass is 492 g/mol. The van der Waals surface area contributed by atoms with Crippen LogP contribution in [-0.4, -0.2) is 59.7 Å². The van der Waals surface area contributed by atoms with Gasteiger partial charge in [0.2, 0.25) is 10.0 Å². The van der Waals surface area contributed by atoms with Gasteiger partial charge in [0, 0.05) is 48.7 Å². The van der Waals surface area contributed by atoms with E-state index in [0.29, 0.717) is 24.3 Å². The van der Waals surface area contributed by atoms with Gasteiger partial charge in [0.15, 0.2) is 0 Å². The van der Waals surface area contributed by atoms with Gasteiger partial charge >= 0.3 is 0 Å². The fourth-order valence-corrected chi connectivity index (χ4v) is 6.47. The minimum Gasteiger partial charge on any atom is -0.335 e. The minimum atomic E-state index is -3.73. The van der Waals surface area contributed by atoms with Crippen LogP contribution in [0.1, 0.15) is 21.6 Å². The average molecular weight is 493 g/mol.